The first kappa shape index (κ1) is 14.4. The van der Waals surface area contributed by atoms with Crippen molar-refractivity contribution in [3.63, 3.8) is 0 Å². The first-order valence-corrected chi connectivity index (χ1v) is 6.49. The highest BCUT2D eigenvalue weighted by molar-refractivity contribution is 7.91. The van der Waals surface area contributed by atoms with Gasteiger partial charge in [0, 0.05) is 12.7 Å². The van der Waals surface area contributed by atoms with E-state index in [1.807, 2.05) is 0 Å². The highest BCUT2D eigenvalue weighted by Crippen LogP contribution is 2.19. The molecule has 0 spiro atoms. The van der Waals surface area contributed by atoms with Crippen molar-refractivity contribution in [2.24, 2.45) is 0 Å². The van der Waals surface area contributed by atoms with Crippen molar-refractivity contribution in [3.8, 4) is 0 Å². The van der Waals surface area contributed by atoms with Crippen molar-refractivity contribution in [2.45, 2.75) is 10.7 Å². The van der Waals surface area contributed by atoms with E-state index in [1.54, 1.807) is 0 Å². The predicted molar refractivity (Wildman–Crippen MR) is 62.2 cm³/mol. The first-order chi connectivity index (χ1) is 8.37. The van der Waals surface area contributed by atoms with E-state index in [-0.39, 0.29) is 12.5 Å². The number of carbonyl (C=O) groups excluding carboxylic acids is 1. The standard InChI is InChI=1S/C10H12F2N2O3S/c1-13-9(15)6-14-7-2-4-8(5-3-7)18(16,17)10(11)12/h2-5,10,14H,6H2,1H3,(H,13,15). The fourth-order valence-corrected chi connectivity index (χ4v) is 1.86. The summed E-state index contributed by atoms with van der Waals surface area (Å²) in [4.78, 5) is 10.5. The van der Waals surface area contributed by atoms with Crippen LogP contribution in [0.25, 0.3) is 0 Å². The van der Waals surface area contributed by atoms with Crippen molar-refractivity contribution < 1.29 is 22.0 Å². The van der Waals surface area contributed by atoms with E-state index in [1.165, 1.54) is 19.2 Å². The molecule has 1 aromatic rings. The zero-order valence-corrected chi connectivity index (χ0v) is 10.3. The van der Waals surface area contributed by atoms with E-state index < -0.39 is 20.5 Å². The molecule has 0 aliphatic heterocycles. The number of anilines is 1. The SMILES string of the molecule is CNC(=O)CNc1ccc(S(=O)(=O)C(F)F)cc1. The molecular formula is C10H12F2N2O3S. The minimum absolute atomic E-state index is 0.0114. The molecule has 0 radical (unpaired) electrons. The maximum atomic E-state index is 12.2. The zero-order chi connectivity index (χ0) is 13.8. The molecule has 0 atom stereocenters. The Morgan fingerprint density at radius 1 is 1.28 bits per heavy atom. The molecule has 0 saturated carbocycles. The summed E-state index contributed by atoms with van der Waals surface area (Å²) in [5.74, 6) is -3.69. The van der Waals surface area contributed by atoms with Crippen molar-refractivity contribution in [2.75, 3.05) is 18.9 Å². The van der Waals surface area contributed by atoms with Gasteiger partial charge in [-0.15, -0.1) is 0 Å². The number of benzene rings is 1. The van der Waals surface area contributed by atoms with E-state index in [2.05, 4.69) is 10.6 Å². The molecule has 8 heteroatoms. The summed E-state index contributed by atoms with van der Waals surface area (Å²) in [6.07, 6.45) is 0. The summed E-state index contributed by atoms with van der Waals surface area (Å²) in [7, 11) is -3.10. The van der Waals surface area contributed by atoms with Crippen LogP contribution in [0.5, 0.6) is 0 Å². The predicted octanol–water partition coefficient (Wildman–Crippen LogP) is 0.841. The Morgan fingerprint density at radius 2 is 1.83 bits per heavy atom. The van der Waals surface area contributed by atoms with Gasteiger partial charge in [-0.05, 0) is 24.3 Å². The number of halogens is 2. The number of hydrogen-bond acceptors (Lipinski definition) is 4. The van der Waals surface area contributed by atoms with Crippen molar-refractivity contribution in [1.82, 2.24) is 5.32 Å². The van der Waals surface area contributed by atoms with Crippen LogP contribution in [0.2, 0.25) is 0 Å². The minimum Gasteiger partial charge on any atom is -0.376 e. The third-order valence-electron chi connectivity index (χ3n) is 2.15. The first-order valence-electron chi connectivity index (χ1n) is 4.94. The van der Waals surface area contributed by atoms with Crippen LogP contribution in [0.4, 0.5) is 14.5 Å². The topological polar surface area (TPSA) is 75.3 Å². The van der Waals surface area contributed by atoms with Gasteiger partial charge in [-0.3, -0.25) is 4.79 Å². The molecule has 0 bridgehead atoms. The second-order valence-corrected chi connectivity index (χ2v) is 5.27. The van der Waals surface area contributed by atoms with E-state index in [0.29, 0.717) is 5.69 Å². The van der Waals surface area contributed by atoms with Gasteiger partial charge in [0.2, 0.25) is 15.7 Å². The number of hydrogen-bond donors (Lipinski definition) is 2. The van der Waals surface area contributed by atoms with E-state index in [9.17, 15) is 22.0 Å². The van der Waals surface area contributed by atoms with Gasteiger partial charge in [0.15, 0.2) is 0 Å². The molecule has 5 nitrogen and oxygen atoms in total. The Balaban J connectivity index is 2.78. The zero-order valence-electron chi connectivity index (χ0n) is 9.48. The van der Waals surface area contributed by atoms with Gasteiger partial charge in [0.05, 0.1) is 11.4 Å². The Labute approximate surface area is 103 Å². The number of amides is 1. The van der Waals surface area contributed by atoms with Crippen molar-refractivity contribution in [1.29, 1.82) is 0 Å². The van der Waals surface area contributed by atoms with Gasteiger partial charge >= 0.3 is 5.76 Å². The summed E-state index contributed by atoms with van der Waals surface area (Å²) < 4.78 is 46.7. The Hall–Kier alpha value is -1.70. The van der Waals surface area contributed by atoms with Crippen LogP contribution in [0.1, 0.15) is 0 Å². The van der Waals surface area contributed by atoms with Crippen molar-refractivity contribution >= 4 is 21.4 Å². The maximum absolute atomic E-state index is 12.2. The minimum atomic E-state index is -4.57. The summed E-state index contributed by atoms with van der Waals surface area (Å²) in [6.45, 7) is 0.0114. The molecule has 0 saturated heterocycles. The molecule has 2 N–H and O–H groups in total. The molecule has 1 aromatic carbocycles. The van der Waals surface area contributed by atoms with Crippen LogP contribution in [-0.2, 0) is 14.6 Å². The number of carbonyl (C=O) groups is 1. The number of likely N-dealkylation sites (N-methyl/N-ethyl adjacent to an activating group) is 1. The third kappa shape index (κ3) is 3.39. The van der Waals surface area contributed by atoms with Crippen LogP contribution < -0.4 is 10.6 Å². The number of nitrogens with one attached hydrogen (secondary N) is 2. The molecule has 1 amide bonds. The maximum Gasteiger partial charge on any atom is 0.341 e. The summed E-state index contributed by atoms with van der Waals surface area (Å²) in [5.41, 5.74) is 0.465. The Bertz CT molecular complexity index is 514. The normalized spacial score (nSPS) is 11.3. The van der Waals surface area contributed by atoms with E-state index in [4.69, 9.17) is 0 Å². The molecule has 0 unspecified atom stereocenters. The lowest BCUT2D eigenvalue weighted by Crippen LogP contribution is -2.26. The highest BCUT2D eigenvalue weighted by atomic mass is 32.2. The Kier molecular flexibility index (Phi) is 4.60. The monoisotopic (exact) mass is 278 g/mol. The molecule has 0 heterocycles. The lowest BCUT2D eigenvalue weighted by atomic mass is 10.3. The quantitative estimate of drug-likeness (QED) is 0.837. The fraction of sp³-hybridized carbons (Fsp3) is 0.300. The summed E-state index contributed by atoms with van der Waals surface area (Å²) >= 11 is 0. The molecular weight excluding hydrogens is 266 g/mol. The van der Waals surface area contributed by atoms with Gasteiger partial charge in [0.25, 0.3) is 0 Å². The summed E-state index contributed by atoms with van der Waals surface area (Å²) in [5, 5.41) is 5.10. The number of alkyl halides is 2. The van der Waals surface area contributed by atoms with Crippen molar-refractivity contribution in [3.05, 3.63) is 24.3 Å². The van der Waals surface area contributed by atoms with E-state index in [0.717, 1.165) is 12.1 Å². The second kappa shape index (κ2) is 5.76. The molecule has 0 aromatic heterocycles. The molecule has 0 aliphatic carbocycles. The van der Waals surface area contributed by atoms with Gasteiger partial charge in [-0.2, -0.15) is 8.78 Å². The lowest BCUT2D eigenvalue weighted by Gasteiger charge is -2.07. The largest absolute Gasteiger partial charge is 0.376 e. The molecule has 1 rings (SSSR count). The number of sulfone groups is 1. The average molecular weight is 278 g/mol. The molecule has 100 valence electrons. The van der Waals surface area contributed by atoms with Crippen LogP contribution >= 0.6 is 0 Å². The molecule has 0 aliphatic rings. The smallest absolute Gasteiger partial charge is 0.341 e. The summed E-state index contributed by atoms with van der Waals surface area (Å²) in [6, 6.07) is 4.76. The van der Waals surface area contributed by atoms with Gasteiger partial charge < -0.3 is 10.6 Å². The molecule has 18 heavy (non-hydrogen) atoms. The van der Waals surface area contributed by atoms with E-state index >= 15 is 0 Å². The van der Waals surface area contributed by atoms with Crippen LogP contribution in [-0.4, -0.2) is 33.7 Å². The van der Waals surface area contributed by atoms with Gasteiger partial charge in [-0.1, -0.05) is 0 Å². The Morgan fingerprint density at radius 3 is 2.28 bits per heavy atom. The van der Waals surface area contributed by atoms with Gasteiger partial charge in [-0.25, -0.2) is 8.42 Å². The molecule has 0 fully saturated rings. The third-order valence-corrected chi connectivity index (χ3v) is 3.55. The number of rotatable bonds is 5. The van der Waals surface area contributed by atoms with Crippen LogP contribution in [0.3, 0.4) is 0 Å². The highest BCUT2D eigenvalue weighted by Gasteiger charge is 2.26. The fourth-order valence-electron chi connectivity index (χ4n) is 1.14. The second-order valence-electron chi connectivity index (χ2n) is 3.36. The van der Waals surface area contributed by atoms with Crippen LogP contribution in [0.15, 0.2) is 29.2 Å². The van der Waals surface area contributed by atoms with Crippen LogP contribution in [0, 0.1) is 0 Å². The average Bonchev–Trinajstić information content (AvgIpc) is 2.36. The lowest BCUT2D eigenvalue weighted by molar-refractivity contribution is -0.118. The van der Waals surface area contributed by atoms with Gasteiger partial charge in [0.1, 0.15) is 0 Å².